The van der Waals surface area contributed by atoms with Crippen LogP contribution in [-0.4, -0.2) is 43.4 Å². The summed E-state index contributed by atoms with van der Waals surface area (Å²) < 4.78 is 28.7. The molecule has 26 heavy (non-hydrogen) atoms. The van der Waals surface area contributed by atoms with E-state index in [1.807, 2.05) is 30.3 Å². The number of carbonyl (C=O) groups excluding carboxylic acids is 1. The lowest BCUT2D eigenvalue weighted by Gasteiger charge is -2.34. The van der Waals surface area contributed by atoms with E-state index in [0.717, 1.165) is 6.26 Å². The van der Waals surface area contributed by atoms with Crippen LogP contribution < -0.4 is 15.4 Å². The van der Waals surface area contributed by atoms with Crippen LogP contribution in [0.4, 0.5) is 5.69 Å². The number of nitrogens with zero attached hydrogens (tertiary/aromatic N) is 1. The highest BCUT2D eigenvalue weighted by atomic mass is 32.2. The minimum Gasteiger partial charge on any atom is -0.439 e. The summed E-state index contributed by atoms with van der Waals surface area (Å²) in [5.74, 6) is 0.524. The molecule has 0 saturated carbocycles. The van der Waals surface area contributed by atoms with Crippen molar-refractivity contribution in [1.29, 1.82) is 0 Å². The fraction of sp³-hybridized carbons (Fsp3) is 0.333. The van der Waals surface area contributed by atoms with Gasteiger partial charge in [-0.3, -0.25) is 4.79 Å². The van der Waals surface area contributed by atoms with E-state index >= 15 is 0 Å². The molecule has 0 radical (unpaired) electrons. The second kappa shape index (κ2) is 7.43. The number of carbonyl (C=O) groups is 1. The maximum Gasteiger partial charge on any atom is 0.245 e. The molecule has 7 nitrogen and oxygen atoms in total. The van der Waals surface area contributed by atoms with Gasteiger partial charge in [-0.1, -0.05) is 18.2 Å². The van der Waals surface area contributed by atoms with Crippen molar-refractivity contribution in [1.82, 2.24) is 10.3 Å². The Morgan fingerprint density at radius 3 is 2.42 bits per heavy atom. The quantitative estimate of drug-likeness (QED) is 0.829. The standard InChI is InChI=1S/C18H21N3O4S/c1-26(23,24)18(9-11-19-12-10-18)17(22)21-14-7-8-16(20-13-14)25-15-5-3-2-4-6-15/h2-8,13,19H,9-12H2,1H3,(H,21,22). The first kappa shape index (κ1) is 18.3. The molecule has 0 aliphatic carbocycles. The van der Waals surface area contributed by atoms with Gasteiger partial charge in [0.1, 0.15) is 5.75 Å². The first-order valence-electron chi connectivity index (χ1n) is 8.31. The highest BCUT2D eigenvalue weighted by Gasteiger charge is 2.48. The molecule has 2 N–H and O–H groups in total. The van der Waals surface area contributed by atoms with E-state index in [9.17, 15) is 13.2 Å². The van der Waals surface area contributed by atoms with Crippen LogP contribution in [0.3, 0.4) is 0 Å². The van der Waals surface area contributed by atoms with Gasteiger partial charge in [0.25, 0.3) is 0 Å². The fourth-order valence-corrected chi connectivity index (χ4v) is 4.30. The number of hydrogen-bond acceptors (Lipinski definition) is 6. The number of pyridine rings is 1. The summed E-state index contributed by atoms with van der Waals surface area (Å²) in [5, 5.41) is 5.77. The second-order valence-electron chi connectivity index (χ2n) is 6.27. The molecule has 1 aromatic carbocycles. The number of rotatable bonds is 5. The maximum absolute atomic E-state index is 12.7. The lowest BCUT2D eigenvalue weighted by atomic mass is 9.96. The van der Waals surface area contributed by atoms with Crippen LogP contribution >= 0.6 is 0 Å². The third kappa shape index (κ3) is 3.86. The molecule has 1 aliphatic rings. The SMILES string of the molecule is CS(=O)(=O)C1(C(=O)Nc2ccc(Oc3ccccc3)nc2)CCNCC1. The Morgan fingerprint density at radius 2 is 1.85 bits per heavy atom. The summed E-state index contributed by atoms with van der Waals surface area (Å²) in [5.41, 5.74) is 0.428. The van der Waals surface area contributed by atoms with Crippen molar-refractivity contribution in [2.24, 2.45) is 0 Å². The maximum atomic E-state index is 12.7. The van der Waals surface area contributed by atoms with Gasteiger partial charge in [-0.05, 0) is 44.1 Å². The number of amides is 1. The lowest BCUT2D eigenvalue weighted by molar-refractivity contribution is -0.119. The zero-order valence-corrected chi connectivity index (χ0v) is 15.3. The van der Waals surface area contributed by atoms with E-state index in [0.29, 0.717) is 30.4 Å². The molecular weight excluding hydrogens is 354 g/mol. The van der Waals surface area contributed by atoms with Crippen LogP contribution in [0.1, 0.15) is 12.8 Å². The molecular formula is C18H21N3O4S. The highest BCUT2D eigenvalue weighted by molar-refractivity contribution is 7.92. The minimum absolute atomic E-state index is 0.250. The Balaban J connectivity index is 1.72. The number of sulfone groups is 1. The normalized spacial score (nSPS) is 16.7. The van der Waals surface area contributed by atoms with E-state index in [4.69, 9.17) is 4.74 Å². The summed E-state index contributed by atoms with van der Waals surface area (Å²) >= 11 is 0. The summed E-state index contributed by atoms with van der Waals surface area (Å²) in [7, 11) is -3.55. The molecule has 2 aromatic rings. The predicted molar refractivity (Wildman–Crippen MR) is 99.1 cm³/mol. The van der Waals surface area contributed by atoms with E-state index in [-0.39, 0.29) is 12.8 Å². The number of aromatic nitrogens is 1. The highest BCUT2D eigenvalue weighted by Crippen LogP contribution is 2.29. The molecule has 0 bridgehead atoms. The van der Waals surface area contributed by atoms with Gasteiger partial charge >= 0.3 is 0 Å². The van der Waals surface area contributed by atoms with Gasteiger partial charge in [0.15, 0.2) is 14.6 Å². The van der Waals surface area contributed by atoms with Crippen LogP contribution in [0.5, 0.6) is 11.6 Å². The van der Waals surface area contributed by atoms with Crippen molar-refractivity contribution < 1.29 is 17.9 Å². The first-order chi connectivity index (χ1) is 12.4. The number of ether oxygens (including phenoxy) is 1. The van der Waals surface area contributed by atoms with Crippen LogP contribution in [0.25, 0.3) is 0 Å². The predicted octanol–water partition coefficient (Wildman–Crippen LogP) is 1.98. The van der Waals surface area contributed by atoms with Crippen molar-refractivity contribution in [3.05, 3.63) is 48.7 Å². The van der Waals surface area contributed by atoms with Crippen LogP contribution in [-0.2, 0) is 14.6 Å². The number of para-hydroxylation sites is 1. The number of benzene rings is 1. The molecule has 3 rings (SSSR count). The summed E-state index contributed by atoms with van der Waals surface area (Å²) in [6.07, 6.45) is 3.07. The molecule has 1 saturated heterocycles. The third-order valence-corrected chi connectivity index (χ3v) is 6.51. The molecule has 1 aliphatic heterocycles. The molecule has 1 fully saturated rings. The molecule has 0 atom stereocenters. The van der Waals surface area contributed by atoms with Crippen molar-refractivity contribution in [3.63, 3.8) is 0 Å². The molecule has 2 heterocycles. The van der Waals surface area contributed by atoms with Crippen LogP contribution in [0.2, 0.25) is 0 Å². The van der Waals surface area contributed by atoms with Crippen molar-refractivity contribution in [2.75, 3.05) is 24.7 Å². The molecule has 1 amide bonds. The Kier molecular flexibility index (Phi) is 5.24. The van der Waals surface area contributed by atoms with Crippen molar-refractivity contribution in [2.45, 2.75) is 17.6 Å². The number of anilines is 1. The Hall–Kier alpha value is -2.45. The second-order valence-corrected chi connectivity index (χ2v) is 8.60. The van der Waals surface area contributed by atoms with Gasteiger partial charge in [-0.25, -0.2) is 13.4 Å². The average Bonchev–Trinajstić information content (AvgIpc) is 2.64. The average molecular weight is 375 g/mol. The topological polar surface area (TPSA) is 97.4 Å². The van der Waals surface area contributed by atoms with E-state index in [2.05, 4.69) is 15.6 Å². The summed E-state index contributed by atoms with van der Waals surface area (Å²) in [6.45, 7) is 0.977. The molecule has 0 unspecified atom stereocenters. The van der Waals surface area contributed by atoms with Gasteiger partial charge in [0.05, 0.1) is 11.9 Å². The Bertz CT molecular complexity index is 861. The zero-order valence-electron chi connectivity index (χ0n) is 14.4. The Labute approximate surface area is 152 Å². The van der Waals surface area contributed by atoms with Crippen molar-refractivity contribution in [3.8, 4) is 11.6 Å². The van der Waals surface area contributed by atoms with Crippen molar-refractivity contribution >= 4 is 21.4 Å². The Morgan fingerprint density at radius 1 is 1.15 bits per heavy atom. The number of piperidine rings is 1. The van der Waals surface area contributed by atoms with Gasteiger partial charge in [0.2, 0.25) is 11.8 Å². The molecule has 138 valence electrons. The minimum atomic E-state index is -3.55. The van der Waals surface area contributed by atoms with Gasteiger partial charge < -0.3 is 15.4 Å². The van der Waals surface area contributed by atoms with E-state index in [1.54, 1.807) is 12.1 Å². The molecule has 0 spiro atoms. The van der Waals surface area contributed by atoms with Crippen LogP contribution in [0, 0.1) is 0 Å². The zero-order chi connectivity index (χ0) is 18.6. The van der Waals surface area contributed by atoms with Gasteiger partial charge in [-0.2, -0.15) is 0 Å². The summed E-state index contributed by atoms with van der Waals surface area (Å²) in [4.78, 5) is 16.9. The number of hydrogen-bond donors (Lipinski definition) is 2. The molecule has 8 heteroatoms. The monoisotopic (exact) mass is 375 g/mol. The third-order valence-electron chi connectivity index (χ3n) is 4.49. The largest absolute Gasteiger partial charge is 0.439 e. The van der Waals surface area contributed by atoms with Crippen LogP contribution in [0.15, 0.2) is 48.7 Å². The summed E-state index contributed by atoms with van der Waals surface area (Å²) in [6, 6.07) is 12.5. The number of nitrogens with one attached hydrogen (secondary N) is 2. The van der Waals surface area contributed by atoms with E-state index in [1.165, 1.54) is 6.20 Å². The smallest absolute Gasteiger partial charge is 0.245 e. The lowest BCUT2D eigenvalue weighted by Crippen LogP contribution is -2.55. The van der Waals surface area contributed by atoms with E-state index < -0.39 is 20.5 Å². The van der Waals surface area contributed by atoms with Gasteiger partial charge in [0, 0.05) is 12.3 Å². The molecule has 1 aromatic heterocycles. The van der Waals surface area contributed by atoms with Gasteiger partial charge in [-0.15, -0.1) is 0 Å². The fourth-order valence-electron chi connectivity index (χ4n) is 2.97. The first-order valence-corrected chi connectivity index (χ1v) is 10.2.